The third kappa shape index (κ3) is 4.53. The van der Waals surface area contributed by atoms with E-state index in [4.69, 9.17) is 0 Å². The summed E-state index contributed by atoms with van der Waals surface area (Å²) in [5, 5.41) is 0. The largest absolute Gasteiger partial charge is 0.255 e. The van der Waals surface area contributed by atoms with Crippen LogP contribution in [0, 0.1) is 6.92 Å². The number of benzene rings is 3. The molecule has 3 heteroatoms. The Balaban J connectivity index is 1.70. The molecule has 0 fully saturated rings. The monoisotopic (exact) mass is 349 g/mol. The van der Waals surface area contributed by atoms with Gasteiger partial charge in [-0.3, -0.25) is 4.99 Å². The first kappa shape index (κ1) is 16.9. The van der Waals surface area contributed by atoms with E-state index in [0.717, 1.165) is 11.3 Å². The van der Waals surface area contributed by atoms with Gasteiger partial charge in [0.1, 0.15) is 0 Å². The summed E-state index contributed by atoms with van der Waals surface area (Å²) >= 11 is 3.50. The van der Waals surface area contributed by atoms with E-state index in [1.165, 1.54) is 20.2 Å². The third-order valence-electron chi connectivity index (χ3n) is 3.57. The summed E-state index contributed by atoms with van der Waals surface area (Å²) in [4.78, 5) is 8.31. The first-order valence-electron chi connectivity index (χ1n) is 7.76. The van der Waals surface area contributed by atoms with Crippen LogP contribution in [-0.4, -0.2) is 12.5 Å². The molecule has 0 heterocycles. The average molecular weight is 350 g/mol. The van der Waals surface area contributed by atoms with Crippen molar-refractivity contribution in [1.82, 2.24) is 0 Å². The maximum Gasteiger partial charge on any atom is 0.0765 e. The van der Waals surface area contributed by atoms with Crippen LogP contribution in [0.1, 0.15) is 11.1 Å². The Morgan fingerprint density at radius 3 is 2.08 bits per heavy atom. The van der Waals surface area contributed by atoms with Crippen LogP contribution in [0.3, 0.4) is 0 Å². The van der Waals surface area contributed by atoms with Crippen LogP contribution in [0.2, 0.25) is 0 Å². The summed E-state index contributed by atoms with van der Waals surface area (Å²) in [5.41, 5.74) is 3.42. The van der Waals surface area contributed by atoms with Gasteiger partial charge in [0.15, 0.2) is 0 Å². The number of hydrogen-bond acceptors (Lipinski definition) is 3. The van der Waals surface area contributed by atoms with Crippen LogP contribution in [0.5, 0.6) is 0 Å². The van der Waals surface area contributed by atoms with Gasteiger partial charge in [-0.1, -0.05) is 53.7 Å². The van der Waals surface area contributed by atoms with E-state index in [9.17, 15) is 0 Å². The van der Waals surface area contributed by atoms with E-state index in [1.54, 1.807) is 23.5 Å². The second-order valence-electron chi connectivity index (χ2n) is 5.41. The molecule has 0 atom stereocenters. The molecule has 0 aromatic heterocycles. The van der Waals surface area contributed by atoms with Crippen molar-refractivity contribution >= 4 is 35.4 Å². The zero-order chi connectivity index (χ0) is 16.8. The summed E-state index contributed by atoms with van der Waals surface area (Å²) in [6, 6.07) is 25.3. The van der Waals surface area contributed by atoms with Crippen LogP contribution in [0.25, 0.3) is 0 Å². The lowest BCUT2D eigenvalue weighted by Gasteiger charge is -2.03. The number of rotatable bonds is 5. The van der Waals surface area contributed by atoms with E-state index < -0.39 is 0 Å². The van der Waals surface area contributed by atoms with Gasteiger partial charge in [0.25, 0.3) is 0 Å². The van der Waals surface area contributed by atoms with Crippen LogP contribution in [-0.2, 0) is 0 Å². The van der Waals surface area contributed by atoms with Gasteiger partial charge < -0.3 is 0 Å². The highest BCUT2D eigenvalue weighted by atomic mass is 32.2. The van der Waals surface area contributed by atoms with Crippen molar-refractivity contribution in [2.45, 2.75) is 21.6 Å². The smallest absolute Gasteiger partial charge is 0.0765 e. The molecular weight excluding hydrogens is 330 g/mol. The van der Waals surface area contributed by atoms with Gasteiger partial charge in [-0.2, -0.15) is 0 Å². The van der Waals surface area contributed by atoms with Crippen molar-refractivity contribution in [3.8, 4) is 0 Å². The van der Waals surface area contributed by atoms with Crippen molar-refractivity contribution < 1.29 is 0 Å². The minimum Gasteiger partial charge on any atom is -0.255 e. The highest BCUT2D eigenvalue weighted by molar-refractivity contribution is 7.99. The summed E-state index contributed by atoms with van der Waals surface area (Å²) in [5.74, 6) is 0. The summed E-state index contributed by atoms with van der Waals surface area (Å²) in [6.07, 6.45) is 4.00. The van der Waals surface area contributed by atoms with Crippen LogP contribution in [0.4, 0.5) is 5.69 Å². The van der Waals surface area contributed by atoms with Gasteiger partial charge in [0.2, 0.25) is 0 Å². The van der Waals surface area contributed by atoms with Crippen molar-refractivity contribution in [3.05, 3.63) is 83.9 Å². The molecule has 0 aliphatic rings. The maximum atomic E-state index is 4.62. The van der Waals surface area contributed by atoms with Crippen molar-refractivity contribution in [3.63, 3.8) is 0 Å². The van der Waals surface area contributed by atoms with Gasteiger partial charge in [-0.15, -0.1) is 11.8 Å². The van der Waals surface area contributed by atoms with Crippen molar-refractivity contribution in [1.29, 1.82) is 0 Å². The van der Waals surface area contributed by atoms with Gasteiger partial charge in [0.05, 0.1) is 5.69 Å². The Morgan fingerprint density at radius 1 is 0.792 bits per heavy atom. The van der Waals surface area contributed by atoms with E-state index in [1.807, 2.05) is 24.4 Å². The van der Waals surface area contributed by atoms with Crippen LogP contribution >= 0.6 is 23.5 Å². The molecule has 3 aromatic carbocycles. The lowest BCUT2D eigenvalue weighted by atomic mass is 10.2. The fourth-order valence-electron chi connectivity index (χ4n) is 2.24. The number of thioether (sulfide) groups is 1. The Morgan fingerprint density at radius 2 is 1.42 bits per heavy atom. The summed E-state index contributed by atoms with van der Waals surface area (Å²) in [6.45, 7) is 2.11. The molecule has 0 saturated carbocycles. The number of aryl methyl sites for hydroxylation is 1. The molecule has 0 spiro atoms. The zero-order valence-electron chi connectivity index (χ0n) is 13.8. The molecule has 0 amide bonds. The number of para-hydroxylation sites is 1. The fourth-order valence-corrected chi connectivity index (χ4v) is 3.61. The normalized spacial score (nSPS) is 11.1. The average Bonchev–Trinajstić information content (AvgIpc) is 2.63. The lowest BCUT2D eigenvalue weighted by molar-refractivity contribution is 1.36. The lowest BCUT2D eigenvalue weighted by Crippen LogP contribution is -1.82. The van der Waals surface area contributed by atoms with Gasteiger partial charge in [-0.05, 0) is 55.1 Å². The molecule has 0 unspecified atom stereocenters. The minimum atomic E-state index is 1.02. The van der Waals surface area contributed by atoms with Gasteiger partial charge in [0, 0.05) is 20.9 Å². The summed E-state index contributed by atoms with van der Waals surface area (Å²) < 4.78 is 0. The number of nitrogens with zero attached hydrogens (tertiary/aromatic N) is 1. The van der Waals surface area contributed by atoms with E-state index in [-0.39, 0.29) is 0 Å². The first-order valence-corrected chi connectivity index (χ1v) is 9.80. The Labute approximate surface area is 152 Å². The van der Waals surface area contributed by atoms with E-state index >= 15 is 0 Å². The SMILES string of the molecule is CSc1ccccc1N=Cc1ccc(Sc2ccc(C)cc2)cc1. The second-order valence-corrected chi connectivity index (χ2v) is 7.41. The van der Waals surface area contributed by atoms with Crippen LogP contribution in [0.15, 0.2) is 92.5 Å². The molecule has 0 radical (unpaired) electrons. The topological polar surface area (TPSA) is 12.4 Å². The Kier molecular flexibility index (Phi) is 5.78. The third-order valence-corrected chi connectivity index (χ3v) is 5.38. The second kappa shape index (κ2) is 8.22. The van der Waals surface area contributed by atoms with E-state index in [2.05, 4.69) is 72.8 Å². The highest BCUT2D eigenvalue weighted by Crippen LogP contribution is 2.29. The number of hydrogen-bond donors (Lipinski definition) is 0. The van der Waals surface area contributed by atoms with Gasteiger partial charge >= 0.3 is 0 Å². The highest BCUT2D eigenvalue weighted by Gasteiger charge is 1.99. The first-order chi connectivity index (χ1) is 11.7. The molecule has 1 nitrogen and oxygen atoms in total. The fraction of sp³-hybridized carbons (Fsp3) is 0.0952. The number of aliphatic imine (C=N–C) groups is 1. The predicted octanol–water partition coefficient (Wildman–Crippen LogP) is 6.62. The molecule has 3 aromatic rings. The van der Waals surface area contributed by atoms with Crippen molar-refractivity contribution in [2.24, 2.45) is 4.99 Å². The zero-order valence-corrected chi connectivity index (χ0v) is 15.4. The molecule has 0 saturated heterocycles. The molecule has 3 rings (SSSR count). The molecule has 0 aliphatic carbocycles. The molecule has 0 N–H and O–H groups in total. The summed E-state index contributed by atoms with van der Waals surface area (Å²) in [7, 11) is 0. The van der Waals surface area contributed by atoms with Gasteiger partial charge in [-0.25, -0.2) is 0 Å². The molecule has 0 bridgehead atoms. The Hall–Kier alpha value is -1.97. The molecule has 120 valence electrons. The minimum absolute atomic E-state index is 1.02. The van der Waals surface area contributed by atoms with Crippen LogP contribution < -0.4 is 0 Å². The molecular formula is C21H19NS2. The quantitative estimate of drug-likeness (QED) is 0.379. The Bertz CT molecular complexity index is 821. The maximum absolute atomic E-state index is 4.62. The molecule has 24 heavy (non-hydrogen) atoms. The van der Waals surface area contributed by atoms with Crippen molar-refractivity contribution in [2.75, 3.05) is 6.26 Å². The predicted molar refractivity (Wildman–Crippen MR) is 107 cm³/mol. The van der Waals surface area contributed by atoms with E-state index in [0.29, 0.717) is 0 Å². The standard InChI is InChI=1S/C21H19NS2/c1-16-7-11-18(12-8-16)24-19-13-9-17(10-14-19)15-22-20-5-3-4-6-21(20)23-2/h3-15H,1-2H3. The molecule has 0 aliphatic heterocycles.